The number of hydrogen-bond donors (Lipinski definition) is 1. The van der Waals surface area contributed by atoms with Gasteiger partial charge in [0, 0.05) is 39.3 Å². The molecule has 0 radical (unpaired) electrons. The van der Waals surface area contributed by atoms with Crippen molar-refractivity contribution in [3.8, 4) is 0 Å². The summed E-state index contributed by atoms with van der Waals surface area (Å²) in [5.74, 6) is -1.58. The summed E-state index contributed by atoms with van der Waals surface area (Å²) >= 11 is 0. The third-order valence-corrected chi connectivity index (χ3v) is 8.68. The van der Waals surface area contributed by atoms with Crippen LogP contribution in [0.1, 0.15) is 78.6 Å². The highest BCUT2D eigenvalue weighted by Gasteiger charge is 2.78. The second kappa shape index (κ2) is 13.2. The molecule has 3 fully saturated rings. The standard InChI is InChI=1S/C30H49N3O5/c1-6-10-20-32(19-9-4)28(37)25-30-16-15-29(5,38-30)23(26(35)31(17-7-2)18-8-3)24(30)27(36)33(25)21-13-11-12-14-22-34/h7,9,23-25,34H,2,4,6,8,10-22H2,1,3,5H3/t23-,24+,25?,29+,30?/m1/s1. The molecule has 8 heteroatoms. The maximum atomic E-state index is 14.2. The summed E-state index contributed by atoms with van der Waals surface area (Å²) in [5, 5.41) is 9.14. The number of fused-ring (bicyclic) bond motifs is 1. The lowest BCUT2D eigenvalue weighted by atomic mass is 9.66. The smallest absolute Gasteiger partial charge is 0.248 e. The van der Waals surface area contributed by atoms with Gasteiger partial charge in [0.15, 0.2) is 0 Å². The molecule has 0 aliphatic carbocycles. The van der Waals surface area contributed by atoms with E-state index in [9.17, 15) is 14.4 Å². The van der Waals surface area contributed by atoms with E-state index < -0.39 is 29.1 Å². The Hall–Kier alpha value is -2.19. The van der Waals surface area contributed by atoms with Crippen LogP contribution in [0.3, 0.4) is 0 Å². The molecule has 0 aromatic carbocycles. The molecule has 3 amide bonds. The summed E-state index contributed by atoms with van der Waals surface area (Å²) in [6, 6.07) is -0.742. The molecule has 3 heterocycles. The van der Waals surface area contributed by atoms with Gasteiger partial charge >= 0.3 is 0 Å². The maximum Gasteiger partial charge on any atom is 0.248 e. The van der Waals surface area contributed by atoms with Crippen molar-refractivity contribution in [3.63, 3.8) is 0 Å². The Morgan fingerprint density at radius 3 is 2.26 bits per heavy atom. The van der Waals surface area contributed by atoms with Crippen LogP contribution >= 0.6 is 0 Å². The lowest BCUT2D eigenvalue weighted by Gasteiger charge is -2.37. The SMILES string of the molecule is C=CCN(CCCC)C(=O)C1N(CCCCCCO)C(=O)[C@@H]2[C@H](C(=O)N(CC=C)CCC)[C@]3(C)CCC12O3. The Kier molecular flexibility index (Phi) is 10.6. The van der Waals surface area contributed by atoms with E-state index >= 15 is 0 Å². The first-order chi connectivity index (χ1) is 18.3. The molecule has 0 saturated carbocycles. The molecule has 2 unspecified atom stereocenters. The zero-order valence-corrected chi connectivity index (χ0v) is 23.8. The van der Waals surface area contributed by atoms with Crippen LogP contribution in [0.25, 0.3) is 0 Å². The number of hydrogen-bond acceptors (Lipinski definition) is 5. The molecule has 5 atom stereocenters. The zero-order valence-electron chi connectivity index (χ0n) is 23.8. The van der Waals surface area contributed by atoms with Crippen molar-refractivity contribution < 1.29 is 24.2 Å². The van der Waals surface area contributed by atoms with Gasteiger partial charge in [0.05, 0.1) is 17.4 Å². The first kappa shape index (κ1) is 30.4. The molecule has 3 aliphatic rings. The van der Waals surface area contributed by atoms with Crippen LogP contribution < -0.4 is 0 Å². The number of ether oxygens (including phenoxy) is 1. The Labute approximate surface area is 229 Å². The van der Waals surface area contributed by atoms with E-state index in [1.165, 1.54) is 0 Å². The molecule has 3 aliphatic heterocycles. The third-order valence-electron chi connectivity index (χ3n) is 8.68. The van der Waals surface area contributed by atoms with E-state index in [0.717, 1.165) is 44.9 Å². The molecular formula is C30H49N3O5. The van der Waals surface area contributed by atoms with Crippen LogP contribution in [0.15, 0.2) is 25.3 Å². The van der Waals surface area contributed by atoms with E-state index in [1.807, 2.05) is 13.8 Å². The fraction of sp³-hybridized carbons (Fsp3) is 0.767. The lowest BCUT2D eigenvalue weighted by molar-refractivity contribution is -0.153. The van der Waals surface area contributed by atoms with Crippen molar-refractivity contribution in [1.82, 2.24) is 14.7 Å². The highest BCUT2D eigenvalue weighted by Crippen LogP contribution is 2.63. The van der Waals surface area contributed by atoms with Crippen LogP contribution in [0, 0.1) is 11.8 Å². The molecular weight excluding hydrogens is 482 g/mol. The zero-order chi connectivity index (χ0) is 27.9. The van der Waals surface area contributed by atoms with Gasteiger partial charge in [0.1, 0.15) is 11.6 Å². The first-order valence-electron chi connectivity index (χ1n) is 14.7. The molecule has 1 spiro atoms. The highest BCUT2D eigenvalue weighted by atomic mass is 16.5. The normalized spacial score (nSPS) is 29.4. The van der Waals surface area contributed by atoms with Crippen LogP contribution in [-0.4, -0.2) is 94.1 Å². The monoisotopic (exact) mass is 531 g/mol. The quantitative estimate of drug-likeness (QED) is 0.229. The Morgan fingerprint density at radius 2 is 1.66 bits per heavy atom. The Balaban J connectivity index is 2.00. The van der Waals surface area contributed by atoms with Crippen LogP contribution in [-0.2, 0) is 19.1 Å². The lowest BCUT2D eigenvalue weighted by Crippen LogP contribution is -2.56. The summed E-state index contributed by atoms with van der Waals surface area (Å²) in [6.07, 6.45) is 10.5. The van der Waals surface area contributed by atoms with Gasteiger partial charge in [-0.2, -0.15) is 0 Å². The minimum absolute atomic E-state index is 0.0703. The molecule has 0 aromatic rings. The molecule has 0 aromatic heterocycles. The van der Waals surface area contributed by atoms with E-state index in [-0.39, 0.29) is 24.3 Å². The largest absolute Gasteiger partial charge is 0.396 e. The molecule has 8 nitrogen and oxygen atoms in total. The van der Waals surface area contributed by atoms with Gasteiger partial charge in [-0.25, -0.2) is 0 Å². The molecule has 38 heavy (non-hydrogen) atoms. The minimum atomic E-state index is -0.994. The number of aliphatic hydroxyl groups is 1. The van der Waals surface area contributed by atoms with Gasteiger partial charge in [-0.3, -0.25) is 14.4 Å². The summed E-state index contributed by atoms with van der Waals surface area (Å²) in [4.78, 5) is 47.8. The predicted molar refractivity (Wildman–Crippen MR) is 148 cm³/mol. The number of carbonyl (C=O) groups excluding carboxylic acids is 3. The average Bonchev–Trinajstić information content (AvgIpc) is 3.46. The summed E-state index contributed by atoms with van der Waals surface area (Å²) in [6.45, 7) is 16.4. The van der Waals surface area contributed by atoms with E-state index in [0.29, 0.717) is 45.6 Å². The molecule has 2 bridgehead atoms. The van der Waals surface area contributed by atoms with E-state index in [1.54, 1.807) is 26.9 Å². The van der Waals surface area contributed by atoms with Gasteiger partial charge < -0.3 is 24.5 Å². The number of likely N-dealkylation sites (tertiary alicyclic amines) is 1. The summed E-state index contributed by atoms with van der Waals surface area (Å²) in [7, 11) is 0. The third kappa shape index (κ3) is 5.57. The summed E-state index contributed by atoms with van der Waals surface area (Å²) in [5.41, 5.74) is -1.77. The topological polar surface area (TPSA) is 90.4 Å². The number of carbonyl (C=O) groups is 3. The van der Waals surface area contributed by atoms with Crippen molar-refractivity contribution in [2.24, 2.45) is 11.8 Å². The second-order valence-corrected chi connectivity index (χ2v) is 11.4. The fourth-order valence-electron chi connectivity index (χ4n) is 6.95. The van der Waals surface area contributed by atoms with Crippen LogP contribution in [0.2, 0.25) is 0 Å². The average molecular weight is 532 g/mol. The summed E-state index contributed by atoms with van der Waals surface area (Å²) < 4.78 is 6.78. The highest BCUT2D eigenvalue weighted by molar-refractivity contribution is 5.99. The fourth-order valence-corrected chi connectivity index (χ4v) is 6.95. The number of aliphatic hydroxyl groups excluding tert-OH is 1. The molecule has 214 valence electrons. The van der Waals surface area contributed by atoms with Crippen molar-refractivity contribution in [3.05, 3.63) is 25.3 Å². The molecule has 3 rings (SSSR count). The molecule has 1 N–H and O–H groups in total. The van der Waals surface area contributed by atoms with Crippen molar-refractivity contribution >= 4 is 17.7 Å². The van der Waals surface area contributed by atoms with Crippen molar-refractivity contribution in [2.45, 2.75) is 95.8 Å². The van der Waals surface area contributed by atoms with Crippen LogP contribution in [0.5, 0.6) is 0 Å². The number of rotatable bonds is 17. The number of unbranched alkanes of at least 4 members (excludes halogenated alkanes) is 4. The maximum absolute atomic E-state index is 14.2. The van der Waals surface area contributed by atoms with Gasteiger partial charge in [-0.05, 0) is 45.4 Å². The number of amides is 3. The van der Waals surface area contributed by atoms with Crippen LogP contribution in [0.4, 0.5) is 0 Å². The Morgan fingerprint density at radius 1 is 1.00 bits per heavy atom. The second-order valence-electron chi connectivity index (χ2n) is 11.4. The number of nitrogens with zero attached hydrogens (tertiary/aromatic N) is 3. The van der Waals surface area contributed by atoms with Crippen molar-refractivity contribution in [2.75, 3.05) is 39.3 Å². The Bertz CT molecular complexity index is 878. The van der Waals surface area contributed by atoms with Gasteiger partial charge in [0.2, 0.25) is 17.7 Å². The van der Waals surface area contributed by atoms with Crippen molar-refractivity contribution in [1.29, 1.82) is 0 Å². The van der Waals surface area contributed by atoms with Gasteiger partial charge in [0.25, 0.3) is 0 Å². The van der Waals surface area contributed by atoms with E-state index in [4.69, 9.17) is 9.84 Å². The predicted octanol–water partition coefficient (Wildman–Crippen LogP) is 3.54. The van der Waals surface area contributed by atoms with E-state index in [2.05, 4.69) is 20.1 Å². The molecule has 3 saturated heterocycles. The minimum Gasteiger partial charge on any atom is -0.396 e. The first-order valence-corrected chi connectivity index (χ1v) is 14.7. The van der Waals surface area contributed by atoms with Gasteiger partial charge in [-0.15, -0.1) is 13.2 Å². The van der Waals surface area contributed by atoms with Gasteiger partial charge in [-0.1, -0.05) is 45.3 Å².